The first-order chi connectivity index (χ1) is 6.34. The van der Waals surface area contributed by atoms with Gasteiger partial charge in [0.2, 0.25) is 0 Å². The van der Waals surface area contributed by atoms with Crippen LogP contribution in [0, 0.1) is 16.7 Å². The van der Waals surface area contributed by atoms with Crippen molar-refractivity contribution in [2.45, 2.75) is 47.5 Å². The molecular weight excluding hydrogens is 172 g/mol. The van der Waals surface area contributed by atoms with Crippen molar-refractivity contribution < 1.29 is 0 Å². The molecule has 0 radical (unpaired) electrons. The lowest BCUT2D eigenvalue weighted by Crippen LogP contribution is -2.12. The standard InChI is InChI=1S/C12H24N2/c1-6-7-10(13)14-8-9-11(2,3)12(9,4)5/h9H,6-8H2,1-5H3,(H2,13,14). The molecule has 14 heavy (non-hydrogen) atoms. The number of hydrogen-bond acceptors (Lipinski definition) is 1. The summed E-state index contributed by atoms with van der Waals surface area (Å²) >= 11 is 0. The Balaban J connectivity index is 2.46. The molecule has 1 fully saturated rings. The Morgan fingerprint density at radius 3 is 2.07 bits per heavy atom. The van der Waals surface area contributed by atoms with Crippen LogP contribution in [0.2, 0.25) is 0 Å². The molecule has 0 bridgehead atoms. The average Bonchev–Trinajstić information content (AvgIpc) is 2.41. The normalized spacial score (nSPS) is 25.1. The lowest BCUT2D eigenvalue weighted by atomic mass is 10.0. The summed E-state index contributed by atoms with van der Waals surface area (Å²) < 4.78 is 0. The number of aliphatic imine (C=N–C) groups is 1. The van der Waals surface area contributed by atoms with Gasteiger partial charge in [0.25, 0.3) is 0 Å². The molecule has 0 amide bonds. The third kappa shape index (κ3) is 1.79. The van der Waals surface area contributed by atoms with Gasteiger partial charge in [-0.15, -0.1) is 0 Å². The minimum Gasteiger partial charge on any atom is -0.387 e. The van der Waals surface area contributed by atoms with E-state index in [9.17, 15) is 0 Å². The molecular formula is C12H24N2. The molecule has 82 valence electrons. The van der Waals surface area contributed by atoms with Crippen LogP contribution in [0.25, 0.3) is 0 Å². The molecule has 0 aromatic rings. The Hall–Kier alpha value is -0.530. The molecule has 1 rings (SSSR count). The van der Waals surface area contributed by atoms with Gasteiger partial charge in [0, 0.05) is 13.0 Å². The summed E-state index contributed by atoms with van der Waals surface area (Å²) in [6.45, 7) is 12.3. The zero-order valence-electron chi connectivity index (χ0n) is 10.2. The van der Waals surface area contributed by atoms with Gasteiger partial charge in [-0.3, -0.25) is 4.99 Å². The van der Waals surface area contributed by atoms with Gasteiger partial charge in [-0.05, 0) is 23.2 Å². The smallest absolute Gasteiger partial charge is 0.0937 e. The molecule has 0 spiro atoms. The topological polar surface area (TPSA) is 38.4 Å². The highest BCUT2D eigenvalue weighted by molar-refractivity contribution is 5.80. The molecule has 0 unspecified atom stereocenters. The second-order valence-corrected chi connectivity index (χ2v) is 5.58. The van der Waals surface area contributed by atoms with Crippen LogP contribution in [0.3, 0.4) is 0 Å². The number of hydrogen-bond donors (Lipinski definition) is 1. The summed E-state index contributed by atoms with van der Waals surface area (Å²) in [7, 11) is 0. The molecule has 1 saturated carbocycles. The van der Waals surface area contributed by atoms with Crippen molar-refractivity contribution in [1.82, 2.24) is 0 Å². The molecule has 2 nitrogen and oxygen atoms in total. The Morgan fingerprint density at radius 2 is 1.71 bits per heavy atom. The van der Waals surface area contributed by atoms with Gasteiger partial charge >= 0.3 is 0 Å². The zero-order chi connectivity index (χ0) is 11.0. The van der Waals surface area contributed by atoms with E-state index in [1.54, 1.807) is 0 Å². The van der Waals surface area contributed by atoms with Crippen LogP contribution in [0.1, 0.15) is 47.5 Å². The lowest BCUT2D eigenvalue weighted by molar-refractivity contribution is 0.457. The average molecular weight is 196 g/mol. The third-order valence-electron chi connectivity index (χ3n) is 4.30. The van der Waals surface area contributed by atoms with Gasteiger partial charge in [-0.25, -0.2) is 0 Å². The van der Waals surface area contributed by atoms with E-state index in [2.05, 4.69) is 39.6 Å². The summed E-state index contributed by atoms with van der Waals surface area (Å²) in [5.74, 6) is 1.52. The van der Waals surface area contributed by atoms with Gasteiger partial charge in [-0.2, -0.15) is 0 Å². The first-order valence-electron chi connectivity index (χ1n) is 5.62. The largest absolute Gasteiger partial charge is 0.387 e. The highest BCUT2D eigenvalue weighted by atomic mass is 14.9. The number of rotatable bonds is 4. The Kier molecular flexibility index (Phi) is 2.93. The zero-order valence-corrected chi connectivity index (χ0v) is 10.2. The summed E-state index contributed by atoms with van der Waals surface area (Å²) in [5, 5.41) is 0. The molecule has 1 aliphatic carbocycles. The van der Waals surface area contributed by atoms with E-state index in [0.717, 1.165) is 25.2 Å². The maximum Gasteiger partial charge on any atom is 0.0937 e. The number of nitrogens with zero attached hydrogens (tertiary/aromatic N) is 1. The van der Waals surface area contributed by atoms with E-state index in [0.29, 0.717) is 16.7 Å². The van der Waals surface area contributed by atoms with Crippen LogP contribution in [-0.2, 0) is 0 Å². The maximum absolute atomic E-state index is 5.79. The highest BCUT2D eigenvalue weighted by Crippen LogP contribution is 2.68. The second-order valence-electron chi connectivity index (χ2n) is 5.58. The van der Waals surface area contributed by atoms with Crippen LogP contribution in [-0.4, -0.2) is 12.4 Å². The summed E-state index contributed by atoms with van der Waals surface area (Å²) in [6, 6.07) is 0. The van der Waals surface area contributed by atoms with Crippen LogP contribution in [0.15, 0.2) is 4.99 Å². The quantitative estimate of drug-likeness (QED) is 0.545. The van der Waals surface area contributed by atoms with Crippen LogP contribution < -0.4 is 5.73 Å². The molecule has 2 heteroatoms. The number of nitrogens with two attached hydrogens (primary N) is 1. The van der Waals surface area contributed by atoms with Gasteiger partial charge in [0.1, 0.15) is 0 Å². The molecule has 2 N–H and O–H groups in total. The molecule has 0 aliphatic heterocycles. The fourth-order valence-electron chi connectivity index (χ4n) is 2.33. The molecule has 0 aromatic carbocycles. The summed E-state index contributed by atoms with van der Waals surface area (Å²) in [5.41, 5.74) is 6.65. The lowest BCUT2D eigenvalue weighted by Gasteiger charge is -2.04. The van der Waals surface area contributed by atoms with Crippen molar-refractivity contribution in [2.75, 3.05) is 6.54 Å². The van der Waals surface area contributed by atoms with Crippen molar-refractivity contribution in [3.8, 4) is 0 Å². The first kappa shape index (κ1) is 11.5. The third-order valence-corrected chi connectivity index (χ3v) is 4.30. The number of amidine groups is 1. The van der Waals surface area contributed by atoms with E-state index in [4.69, 9.17) is 5.73 Å². The van der Waals surface area contributed by atoms with Gasteiger partial charge in [0.05, 0.1) is 5.84 Å². The minimum atomic E-state index is 0.434. The van der Waals surface area contributed by atoms with Crippen molar-refractivity contribution in [2.24, 2.45) is 27.5 Å². The maximum atomic E-state index is 5.79. The second kappa shape index (κ2) is 3.56. The molecule has 1 aliphatic rings. The van der Waals surface area contributed by atoms with Crippen LogP contribution >= 0.6 is 0 Å². The van der Waals surface area contributed by atoms with Crippen molar-refractivity contribution in [1.29, 1.82) is 0 Å². The highest BCUT2D eigenvalue weighted by Gasteiger charge is 2.64. The van der Waals surface area contributed by atoms with E-state index in [1.807, 2.05) is 0 Å². The van der Waals surface area contributed by atoms with Crippen molar-refractivity contribution in [3.63, 3.8) is 0 Å². The van der Waals surface area contributed by atoms with E-state index in [1.165, 1.54) is 0 Å². The van der Waals surface area contributed by atoms with E-state index in [-0.39, 0.29) is 0 Å². The fraction of sp³-hybridized carbons (Fsp3) is 0.917. The predicted molar refractivity (Wildman–Crippen MR) is 62.4 cm³/mol. The van der Waals surface area contributed by atoms with Crippen LogP contribution in [0.4, 0.5) is 0 Å². The van der Waals surface area contributed by atoms with Crippen LogP contribution in [0.5, 0.6) is 0 Å². The fourth-order valence-corrected chi connectivity index (χ4v) is 2.33. The molecule has 0 saturated heterocycles. The summed E-state index contributed by atoms with van der Waals surface area (Å²) in [4.78, 5) is 4.46. The van der Waals surface area contributed by atoms with Crippen molar-refractivity contribution >= 4 is 5.84 Å². The SMILES string of the molecule is CCCC(N)=NCC1C(C)(C)C1(C)C. The monoisotopic (exact) mass is 196 g/mol. The van der Waals surface area contributed by atoms with Gasteiger partial charge in [0.15, 0.2) is 0 Å². The molecule has 0 heterocycles. The Morgan fingerprint density at radius 1 is 1.21 bits per heavy atom. The minimum absolute atomic E-state index is 0.434. The predicted octanol–water partition coefficient (Wildman–Crippen LogP) is 2.83. The molecule has 0 aromatic heterocycles. The van der Waals surface area contributed by atoms with Gasteiger partial charge < -0.3 is 5.73 Å². The first-order valence-corrected chi connectivity index (χ1v) is 5.62. The Labute approximate surface area is 88.0 Å². The molecule has 0 atom stereocenters. The van der Waals surface area contributed by atoms with Gasteiger partial charge in [-0.1, -0.05) is 34.6 Å². The van der Waals surface area contributed by atoms with E-state index >= 15 is 0 Å². The van der Waals surface area contributed by atoms with E-state index < -0.39 is 0 Å². The van der Waals surface area contributed by atoms with Crippen molar-refractivity contribution in [3.05, 3.63) is 0 Å². The Bertz CT molecular complexity index is 225. The summed E-state index contributed by atoms with van der Waals surface area (Å²) in [6.07, 6.45) is 2.03.